The molecule has 2 rings (SSSR count). The third-order valence-electron chi connectivity index (χ3n) is 4.57. The van der Waals surface area contributed by atoms with Crippen molar-refractivity contribution in [3.63, 3.8) is 0 Å². The van der Waals surface area contributed by atoms with Gasteiger partial charge in [-0.2, -0.15) is 6.42 Å². The molecule has 0 spiro atoms. The Balaban J connectivity index is 0.00000264. The summed E-state index contributed by atoms with van der Waals surface area (Å²) in [6.07, 6.45) is 3.56. The Morgan fingerprint density at radius 2 is 1.00 bits per heavy atom. The van der Waals surface area contributed by atoms with Gasteiger partial charge in [0.15, 0.2) is 0 Å². The fourth-order valence-corrected chi connectivity index (χ4v) is 3.98. The van der Waals surface area contributed by atoms with E-state index in [1.54, 1.807) is 0 Å². The minimum absolute atomic E-state index is 0. The topological polar surface area (TPSA) is 0 Å². The first-order valence-corrected chi connectivity index (χ1v) is 8.34. The van der Waals surface area contributed by atoms with Gasteiger partial charge in [0.05, 0.1) is 0 Å². The Morgan fingerprint density at radius 1 is 0.696 bits per heavy atom. The molecule has 2 aromatic carbocycles. The maximum atomic E-state index is 2.47. The Labute approximate surface area is 155 Å². The smallest absolute Gasteiger partial charge is 0.341 e. The molecule has 0 heterocycles. The second-order valence-corrected chi connectivity index (χ2v) is 6.75. The molecule has 0 bridgehead atoms. The monoisotopic (exact) mass is 298 g/mol. The van der Waals surface area contributed by atoms with Gasteiger partial charge in [-0.3, -0.25) is 0 Å². The standard InChI is InChI=1S/C21H28B.Li/c1-8-9-22(20-16(4)10-14(2)11-17(20)5)21-18(6)12-15(3)13-19(21)7;/h9-13H,8H2,1-7H3;/q-1;+1. The molecule has 2 aromatic rings. The van der Waals surface area contributed by atoms with Crippen LogP contribution in [0.15, 0.2) is 24.3 Å². The summed E-state index contributed by atoms with van der Waals surface area (Å²) in [6, 6.07) is 9.27. The molecule has 0 aliphatic carbocycles. The normalized spacial score (nSPS) is 10.4. The molecule has 0 N–H and O–H groups in total. The minimum atomic E-state index is 0. The maximum Gasteiger partial charge on any atom is 1.00 e. The minimum Gasteiger partial charge on any atom is -0.341 e. The van der Waals surface area contributed by atoms with Crippen LogP contribution in [0.1, 0.15) is 46.7 Å². The molecular weight excluding hydrogens is 270 g/mol. The number of benzene rings is 2. The average Bonchev–Trinajstić information content (AvgIpc) is 2.36. The number of hydrogen-bond donors (Lipinski definition) is 0. The Morgan fingerprint density at radius 3 is 1.26 bits per heavy atom. The molecule has 0 aliphatic rings. The predicted octanol–water partition coefficient (Wildman–Crippen LogP) is 1.30. The van der Waals surface area contributed by atoms with Crippen molar-refractivity contribution >= 4 is 17.6 Å². The van der Waals surface area contributed by atoms with E-state index in [0.29, 0.717) is 6.71 Å². The Bertz CT molecular complexity index is 585. The fraction of sp³-hybridized carbons (Fsp3) is 0.381. The molecule has 116 valence electrons. The van der Waals surface area contributed by atoms with E-state index < -0.39 is 0 Å². The molecule has 0 atom stereocenters. The SMILES string of the molecule is CC[CH-]B(c1c(C)cc(C)cc1C)c1c(C)cc(C)cc1C.[Li+]. The first-order chi connectivity index (χ1) is 10.3. The average molecular weight is 298 g/mol. The number of rotatable bonds is 4. The van der Waals surface area contributed by atoms with Crippen molar-refractivity contribution in [2.75, 3.05) is 0 Å². The molecular formula is C21H28BLi. The molecule has 23 heavy (non-hydrogen) atoms. The second-order valence-electron chi connectivity index (χ2n) is 6.75. The first-order valence-electron chi connectivity index (χ1n) is 8.34. The van der Waals surface area contributed by atoms with Crippen LogP contribution in [0.5, 0.6) is 0 Å². The quantitative estimate of drug-likeness (QED) is 0.590. The molecule has 0 aliphatic heterocycles. The van der Waals surface area contributed by atoms with E-state index in [1.807, 2.05) is 0 Å². The molecule has 0 unspecified atom stereocenters. The van der Waals surface area contributed by atoms with Gasteiger partial charge in [0.1, 0.15) is 0 Å². The van der Waals surface area contributed by atoms with Crippen LogP contribution >= 0.6 is 0 Å². The summed E-state index contributed by atoms with van der Waals surface area (Å²) in [4.78, 5) is 0. The van der Waals surface area contributed by atoms with Crippen molar-refractivity contribution in [1.82, 2.24) is 0 Å². The van der Waals surface area contributed by atoms with Crippen LogP contribution in [-0.2, 0) is 0 Å². The van der Waals surface area contributed by atoms with Crippen molar-refractivity contribution in [1.29, 1.82) is 0 Å². The molecule has 0 saturated heterocycles. The molecule has 0 nitrogen and oxygen atoms in total. The molecule has 0 aromatic heterocycles. The number of aryl methyl sites for hydroxylation is 6. The van der Waals surface area contributed by atoms with Gasteiger partial charge in [0, 0.05) is 6.71 Å². The van der Waals surface area contributed by atoms with Crippen LogP contribution in [0.25, 0.3) is 0 Å². The van der Waals surface area contributed by atoms with Gasteiger partial charge in [0.25, 0.3) is 0 Å². The molecule has 0 radical (unpaired) electrons. The maximum absolute atomic E-state index is 2.47. The fourth-order valence-electron chi connectivity index (χ4n) is 3.98. The van der Waals surface area contributed by atoms with Crippen LogP contribution in [0, 0.1) is 47.9 Å². The van der Waals surface area contributed by atoms with Crippen LogP contribution in [-0.4, -0.2) is 6.71 Å². The largest absolute Gasteiger partial charge is 1.00 e. The summed E-state index contributed by atoms with van der Waals surface area (Å²) in [5.41, 5.74) is 11.3. The van der Waals surface area contributed by atoms with Crippen molar-refractivity contribution < 1.29 is 18.9 Å². The van der Waals surface area contributed by atoms with Crippen molar-refractivity contribution in [2.45, 2.75) is 54.9 Å². The van der Waals surface area contributed by atoms with Gasteiger partial charge in [0.2, 0.25) is 0 Å². The van der Waals surface area contributed by atoms with E-state index in [1.165, 1.54) is 44.3 Å². The van der Waals surface area contributed by atoms with E-state index in [4.69, 9.17) is 0 Å². The third-order valence-corrected chi connectivity index (χ3v) is 4.57. The zero-order valence-electron chi connectivity index (χ0n) is 16.2. The van der Waals surface area contributed by atoms with Gasteiger partial charge in [-0.1, -0.05) is 64.6 Å². The van der Waals surface area contributed by atoms with E-state index >= 15 is 0 Å². The van der Waals surface area contributed by atoms with Gasteiger partial charge in [-0.15, -0.1) is 10.9 Å². The summed E-state index contributed by atoms with van der Waals surface area (Å²) in [6.45, 7) is 16.0. The van der Waals surface area contributed by atoms with Gasteiger partial charge in [-0.25, -0.2) is 0 Å². The summed E-state index contributed by atoms with van der Waals surface area (Å²) in [5.74, 6) is 0. The summed E-state index contributed by atoms with van der Waals surface area (Å²) < 4.78 is 0. The number of hydrogen-bond acceptors (Lipinski definition) is 0. The first kappa shape index (κ1) is 20.1. The van der Waals surface area contributed by atoms with Crippen molar-refractivity contribution in [2.24, 2.45) is 0 Å². The predicted molar refractivity (Wildman–Crippen MR) is 101 cm³/mol. The Kier molecular flexibility index (Phi) is 7.25. The Hall–Kier alpha value is -0.898. The van der Waals surface area contributed by atoms with E-state index in [0.717, 1.165) is 6.42 Å². The molecule has 2 heteroatoms. The van der Waals surface area contributed by atoms with Gasteiger partial charge < -0.3 is 6.32 Å². The zero-order valence-corrected chi connectivity index (χ0v) is 16.2. The summed E-state index contributed by atoms with van der Waals surface area (Å²) >= 11 is 0. The molecule has 0 saturated carbocycles. The van der Waals surface area contributed by atoms with E-state index in [9.17, 15) is 0 Å². The van der Waals surface area contributed by atoms with Crippen LogP contribution in [0.2, 0.25) is 0 Å². The summed E-state index contributed by atoms with van der Waals surface area (Å²) in [5, 5.41) is 0. The van der Waals surface area contributed by atoms with Crippen molar-refractivity contribution in [3.05, 3.63) is 64.0 Å². The second kappa shape index (κ2) is 8.27. The van der Waals surface area contributed by atoms with Gasteiger partial charge >= 0.3 is 18.9 Å². The van der Waals surface area contributed by atoms with Crippen molar-refractivity contribution in [3.8, 4) is 0 Å². The van der Waals surface area contributed by atoms with Crippen LogP contribution < -0.4 is 29.8 Å². The van der Waals surface area contributed by atoms with Gasteiger partial charge in [-0.05, 0) is 41.5 Å². The molecule has 0 fully saturated rings. The van der Waals surface area contributed by atoms with E-state index in [2.05, 4.69) is 79.1 Å². The zero-order chi connectivity index (χ0) is 16.4. The molecule has 0 amide bonds. The summed E-state index contributed by atoms with van der Waals surface area (Å²) in [7, 11) is 0. The van der Waals surface area contributed by atoms with Crippen LogP contribution in [0.4, 0.5) is 0 Å². The third kappa shape index (κ3) is 4.34. The van der Waals surface area contributed by atoms with Crippen LogP contribution in [0.3, 0.4) is 0 Å². The van der Waals surface area contributed by atoms with E-state index in [-0.39, 0.29) is 18.9 Å².